The van der Waals surface area contributed by atoms with Gasteiger partial charge in [-0.05, 0) is 24.6 Å². The summed E-state index contributed by atoms with van der Waals surface area (Å²) in [6.45, 7) is 2.00. The molecular formula is C19H13N3O3S. The number of carbonyl (C=O) groups excluding carboxylic acids is 1. The molecule has 0 saturated heterocycles. The number of aryl methyl sites for hydroxylation is 1. The Hall–Kier alpha value is -3.32. The van der Waals surface area contributed by atoms with Crippen LogP contribution in [0.3, 0.4) is 0 Å². The highest BCUT2D eigenvalue weighted by Gasteiger charge is 2.21. The van der Waals surface area contributed by atoms with Gasteiger partial charge in [0.1, 0.15) is 11.4 Å². The van der Waals surface area contributed by atoms with Gasteiger partial charge in [-0.25, -0.2) is 4.98 Å². The van der Waals surface area contributed by atoms with E-state index in [-0.39, 0.29) is 5.69 Å². The van der Waals surface area contributed by atoms with Crippen LogP contribution in [0, 0.1) is 17.0 Å². The van der Waals surface area contributed by atoms with Crippen molar-refractivity contribution in [2.75, 3.05) is 0 Å². The first kappa shape index (κ1) is 16.2. The van der Waals surface area contributed by atoms with Crippen LogP contribution in [0.4, 0.5) is 5.69 Å². The standard InChI is InChI=1S/C19H13N3O3S/c1-12-18(14-5-3-2-4-6-14)21-16(11-23)17(20-19(21)26-12)13-7-9-15(10-8-13)22(24)25/h2-11H,1H3. The molecule has 0 aliphatic heterocycles. The second kappa shape index (κ2) is 6.20. The van der Waals surface area contributed by atoms with Crippen LogP contribution in [0.2, 0.25) is 0 Å². The number of nitrogens with zero attached hydrogens (tertiary/aromatic N) is 3. The molecule has 0 atom stereocenters. The molecule has 0 bridgehead atoms. The van der Waals surface area contributed by atoms with Crippen molar-refractivity contribution in [1.29, 1.82) is 0 Å². The molecule has 0 spiro atoms. The molecule has 7 heteroatoms. The van der Waals surface area contributed by atoms with Crippen LogP contribution in [0.5, 0.6) is 0 Å². The maximum absolute atomic E-state index is 11.9. The lowest BCUT2D eigenvalue weighted by Crippen LogP contribution is -1.95. The molecule has 0 fully saturated rings. The first-order valence-electron chi connectivity index (χ1n) is 7.87. The number of nitro groups is 1. The molecular weight excluding hydrogens is 350 g/mol. The molecule has 26 heavy (non-hydrogen) atoms. The number of non-ortho nitro benzene ring substituents is 1. The number of carbonyl (C=O) groups is 1. The van der Waals surface area contributed by atoms with Crippen molar-refractivity contribution in [3.63, 3.8) is 0 Å². The molecule has 0 aliphatic carbocycles. The molecule has 0 amide bonds. The van der Waals surface area contributed by atoms with E-state index < -0.39 is 4.92 Å². The fourth-order valence-electron chi connectivity index (χ4n) is 3.03. The average Bonchev–Trinajstić information content (AvgIpc) is 3.16. The summed E-state index contributed by atoms with van der Waals surface area (Å²) in [5.74, 6) is 0. The highest BCUT2D eigenvalue weighted by molar-refractivity contribution is 7.17. The molecule has 0 aliphatic rings. The molecule has 0 radical (unpaired) electrons. The third-order valence-electron chi connectivity index (χ3n) is 4.19. The van der Waals surface area contributed by atoms with Crippen molar-refractivity contribution in [3.05, 3.63) is 75.3 Å². The van der Waals surface area contributed by atoms with E-state index in [1.54, 1.807) is 12.1 Å². The number of thiazole rings is 1. The fraction of sp³-hybridized carbons (Fsp3) is 0.0526. The predicted molar refractivity (Wildman–Crippen MR) is 101 cm³/mol. The first-order valence-corrected chi connectivity index (χ1v) is 8.69. The van der Waals surface area contributed by atoms with Gasteiger partial charge in [-0.15, -0.1) is 11.3 Å². The lowest BCUT2D eigenvalue weighted by molar-refractivity contribution is -0.384. The molecule has 4 aromatic rings. The Bertz CT molecular complexity index is 1130. The molecule has 0 N–H and O–H groups in total. The van der Waals surface area contributed by atoms with Crippen LogP contribution < -0.4 is 0 Å². The highest BCUT2D eigenvalue weighted by atomic mass is 32.1. The number of rotatable bonds is 4. The number of hydrogen-bond acceptors (Lipinski definition) is 5. The summed E-state index contributed by atoms with van der Waals surface area (Å²) >= 11 is 1.51. The Morgan fingerprint density at radius 3 is 2.38 bits per heavy atom. The van der Waals surface area contributed by atoms with Crippen LogP contribution in [0.1, 0.15) is 15.4 Å². The van der Waals surface area contributed by atoms with E-state index in [2.05, 4.69) is 4.98 Å². The van der Waals surface area contributed by atoms with Crippen LogP contribution in [0.15, 0.2) is 54.6 Å². The Labute approximate surface area is 152 Å². The van der Waals surface area contributed by atoms with Gasteiger partial charge in [0.25, 0.3) is 5.69 Å². The van der Waals surface area contributed by atoms with Gasteiger partial charge in [-0.2, -0.15) is 0 Å². The smallest absolute Gasteiger partial charge is 0.269 e. The molecule has 6 nitrogen and oxygen atoms in total. The molecule has 2 heterocycles. The summed E-state index contributed by atoms with van der Waals surface area (Å²) in [5, 5.41) is 10.8. The van der Waals surface area contributed by atoms with Gasteiger partial charge in [0.2, 0.25) is 0 Å². The Morgan fingerprint density at radius 1 is 1.08 bits per heavy atom. The number of aromatic nitrogens is 2. The molecule has 2 aromatic heterocycles. The molecule has 2 aromatic carbocycles. The van der Waals surface area contributed by atoms with E-state index in [9.17, 15) is 14.9 Å². The minimum atomic E-state index is -0.451. The van der Waals surface area contributed by atoms with E-state index in [1.807, 2.05) is 41.7 Å². The van der Waals surface area contributed by atoms with Gasteiger partial charge in [0.15, 0.2) is 11.2 Å². The predicted octanol–water partition coefficient (Wildman–Crippen LogP) is 4.76. The summed E-state index contributed by atoms with van der Waals surface area (Å²) in [6.07, 6.45) is 0.787. The zero-order valence-corrected chi connectivity index (χ0v) is 14.6. The van der Waals surface area contributed by atoms with Gasteiger partial charge >= 0.3 is 0 Å². The first-order chi connectivity index (χ1) is 12.6. The summed E-state index contributed by atoms with van der Waals surface area (Å²) in [6, 6.07) is 15.9. The number of hydrogen-bond donors (Lipinski definition) is 0. The number of benzene rings is 2. The SMILES string of the molecule is Cc1sc2nc(-c3ccc([N+](=O)[O-])cc3)c(C=O)n2c1-c1ccccc1. The Kier molecular flexibility index (Phi) is 3.85. The molecule has 128 valence electrons. The van der Waals surface area contributed by atoms with Crippen molar-refractivity contribution in [2.24, 2.45) is 0 Å². The number of nitro benzene ring substituents is 1. The highest BCUT2D eigenvalue weighted by Crippen LogP contribution is 2.35. The second-order valence-electron chi connectivity index (χ2n) is 5.76. The van der Waals surface area contributed by atoms with E-state index >= 15 is 0 Å². The van der Waals surface area contributed by atoms with Gasteiger partial charge in [-0.1, -0.05) is 30.3 Å². The second-order valence-corrected chi connectivity index (χ2v) is 6.94. The van der Waals surface area contributed by atoms with Crippen molar-refractivity contribution in [3.8, 4) is 22.5 Å². The third-order valence-corrected chi connectivity index (χ3v) is 5.15. The number of fused-ring (bicyclic) bond motifs is 1. The van der Waals surface area contributed by atoms with E-state index in [4.69, 9.17) is 0 Å². The van der Waals surface area contributed by atoms with E-state index in [0.29, 0.717) is 17.0 Å². The van der Waals surface area contributed by atoms with E-state index in [0.717, 1.165) is 27.4 Å². The van der Waals surface area contributed by atoms with Crippen LogP contribution >= 0.6 is 11.3 Å². The summed E-state index contributed by atoms with van der Waals surface area (Å²) in [4.78, 5) is 28.7. The van der Waals surface area contributed by atoms with Crippen LogP contribution in [-0.2, 0) is 0 Å². The van der Waals surface area contributed by atoms with E-state index in [1.165, 1.54) is 23.5 Å². The van der Waals surface area contributed by atoms with Crippen LogP contribution in [0.25, 0.3) is 27.5 Å². The molecule has 0 unspecified atom stereocenters. The maximum atomic E-state index is 11.9. The van der Waals surface area contributed by atoms with Crippen molar-refractivity contribution in [1.82, 2.24) is 9.38 Å². The lowest BCUT2D eigenvalue weighted by Gasteiger charge is -2.04. The minimum absolute atomic E-state index is 0.00300. The summed E-state index contributed by atoms with van der Waals surface area (Å²) in [7, 11) is 0. The van der Waals surface area contributed by atoms with Gasteiger partial charge in [0, 0.05) is 22.6 Å². The number of aldehydes is 1. The topological polar surface area (TPSA) is 77.5 Å². The third kappa shape index (κ3) is 2.49. The monoisotopic (exact) mass is 363 g/mol. The Morgan fingerprint density at radius 2 is 1.77 bits per heavy atom. The van der Waals surface area contributed by atoms with Gasteiger partial charge < -0.3 is 0 Å². The normalized spacial score (nSPS) is 11.0. The quantitative estimate of drug-likeness (QED) is 0.297. The van der Waals surface area contributed by atoms with Crippen molar-refractivity contribution >= 4 is 28.3 Å². The van der Waals surface area contributed by atoms with Crippen LogP contribution in [-0.4, -0.2) is 20.6 Å². The molecule has 4 rings (SSSR count). The molecule has 0 saturated carbocycles. The fourth-order valence-corrected chi connectivity index (χ4v) is 4.03. The van der Waals surface area contributed by atoms with Crippen molar-refractivity contribution in [2.45, 2.75) is 6.92 Å². The zero-order valence-electron chi connectivity index (χ0n) is 13.7. The maximum Gasteiger partial charge on any atom is 0.269 e. The summed E-state index contributed by atoms with van der Waals surface area (Å²) < 4.78 is 1.86. The van der Waals surface area contributed by atoms with Crippen molar-refractivity contribution < 1.29 is 9.72 Å². The van der Waals surface area contributed by atoms with Gasteiger partial charge in [0.05, 0.1) is 10.6 Å². The van der Waals surface area contributed by atoms with Gasteiger partial charge in [-0.3, -0.25) is 19.3 Å². The zero-order chi connectivity index (χ0) is 18.3. The summed E-state index contributed by atoms with van der Waals surface area (Å²) in [5.41, 5.74) is 3.59. The average molecular weight is 363 g/mol. The lowest BCUT2D eigenvalue weighted by atomic mass is 10.1. The largest absolute Gasteiger partial charge is 0.296 e. The minimum Gasteiger partial charge on any atom is -0.296 e. The number of imidazole rings is 1. The Balaban J connectivity index is 1.94.